The Bertz CT molecular complexity index is 670. The van der Waals surface area contributed by atoms with E-state index in [1.54, 1.807) is 4.90 Å². The summed E-state index contributed by atoms with van der Waals surface area (Å²) < 4.78 is 5.55. The maximum Gasteiger partial charge on any atom is 0.260 e. The van der Waals surface area contributed by atoms with Crippen LogP contribution in [0.25, 0.3) is 0 Å². The van der Waals surface area contributed by atoms with Crippen molar-refractivity contribution in [1.82, 2.24) is 9.80 Å². The molecule has 0 aromatic heterocycles. The van der Waals surface area contributed by atoms with Crippen molar-refractivity contribution < 1.29 is 14.3 Å². The first-order valence-electron chi connectivity index (χ1n) is 9.50. The molecule has 1 heterocycles. The number of hydrogen-bond donors (Lipinski definition) is 0. The molecule has 0 bridgehead atoms. The van der Waals surface area contributed by atoms with E-state index in [9.17, 15) is 9.59 Å². The third-order valence-corrected chi connectivity index (χ3v) is 4.78. The SMILES string of the molecule is O=C(CCc1ccccc1)N1CCCN(C(=O)COc2ccccc2)CC1. The van der Waals surface area contributed by atoms with E-state index in [0.29, 0.717) is 38.3 Å². The minimum absolute atomic E-state index is 0.0302. The third-order valence-electron chi connectivity index (χ3n) is 4.78. The summed E-state index contributed by atoms with van der Waals surface area (Å²) in [6, 6.07) is 19.4. The molecule has 0 saturated carbocycles. The van der Waals surface area contributed by atoms with Crippen molar-refractivity contribution in [2.75, 3.05) is 32.8 Å². The van der Waals surface area contributed by atoms with Crippen molar-refractivity contribution in [3.8, 4) is 5.75 Å². The molecule has 27 heavy (non-hydrogen) atoms. The van der Waals surface area contributed by atoms with Crippen LogP contribution in [0.3, 0.4) is 0 Å². The fourth-order valence-electron chi connectivity index (χ4n) is 3.22. The second-order valence-corrected chi connectivity index (χ2v) is 6.70. The van der Waals surface area contributed by atoms with Gasteiger partial charge in [0, 0.05) is 32.6 Å². The molecule has 2 aromatic rings. The van der Waals surface area contributed by atoms with Gasteiger partial charge in [0.25, 0.3) is 5.91 Å². The topological polar surface area (TPSA) is 49.9 Å². The zero-order valence-electron chi connectivity index (χ0n) is 15.5. The number of aryl methyl sites for hydroxylation is 1. The Morgan fingerprint density at radius 2 is 1.37 bits per heavy atom. The number of benzene rings is 2. The second-order valence-electron chi connectivity index (χ2n) is 6.70. The largest absolute Gasteiger partial charge is 0.484 e. The van der Waals surface area contributed by atoms with Crippen molar-refractivity contribution in [3.63, 3.8) is 0 Å². The number of nitrogens with zero attached hydrogens (tertiary/aromatic N) is 2. The van der Waals surface area contributed by atoms with Crippen LogP contribution in [-0.2, 0) is 16.0 Å². The number of hydrogen-bond acceptors (Lipinski definition) is 3. The van der Waals surface area contributed by atoms with Crippen LogP contribution in [0.4, 0.5) is 0 Å². The number of carbonyl (C=O) groups is 2. The number of carbonyl (C=O) groups excluding carboxylic acids is 2. The Morgan fingerprint density at radius 1 is 0.778 bits per heavy atom. The van der Waals surface area contributed by atoms with Crippen LogP contribution in [0.2, 0.25) is 0 Å². The zero-order valence-corrected chi connectivity index (χ0v) is 15.5. The van der Waals surface area contributed by atoms with Crippen molar-refractivity contribution >= 4 is 11.8 Å². The van der Waals surface area contributed by atoms with Gasteiger partial charge in [-0.3, -0.25) is 9.59 Å². The Hall–Kier alpha value is -2.82. The van der Waals surface area contributed by atoms with Gasteiger partial charge in [-0.2, -0.15) is 0 Å². The van der Waals surface area contributed by atoms with Crippen molar-refractivity contribution in [3.05, 3.63) is 66.2 Å². The van der Waals surface area contributed by atoms with E-state index in [-0.39, 0.29) is 18.4 Å². The highest BCUT2D eigenvalue weighted by Gasteiger charge is 2.22. The molecule has 0 atom stereocenters. The molecular weight excluding hydrogens is 340 g/mol. The maximum absolute atomic E-state index is 12.5. The molecule has 3 rings (SSSR count). The van der Waals surface area contributed by atoms with Gasteiger partial charge in [0.05, 0.1) is 0 Å². The first kappa shape index (κ1) is 19.0. The normalized spacial score (nSPS) is 14.5. The maximum atomic E-state index is 12.5. The van der Waals surface area contributed by atoms with E-state index in [4.69, 9.17) is 4.74 Å². The summed E-state index contributed by atoms with van der Waals surface area (Å²) in [7, 11) is 0. The lowest BCUT2D eigenvalue weighted by atomic mass is 10.1. The molecule has 5 heteroatoms. The Balaban J connectivity index is 1.43. The van der Waals surface area contributed by atoms with Gasteiger partial charge in [0.2, 0.25) is 5.91 Å². The van der Waals surface area contributed by atoms with Gasteiger partial charge < -0.3 is 14.5 Å². The first-order valence-corrected chi connectivity index (χ1v) is 9.50. The highest BCUT2D eigenvalue weighted by molar-refractivity contribution is 5.78. The smallest absolute Gasteiger partial charge is 0.260 e. The van der Waals surface area contributed by atoms with Crippen molar-refractivity contribution in [2.45, 2.75) is 19.3 Å². The summed E-state index contributed by atoms with van der Waals surface area (Å²) in [6.45, 7) is 2.56. The predicted octanol–water partition coefficient (Wildman–Crippen LogP) is 2.76. The minimum Gasteiger partial charge on any atom is -0.484 e. The summed E-state index contributed by atoms with van der Waals surface area (Å²) >= 11 is 0. The standard InChI is InChI=1S/C22H26N2O3/c25-21(13-12-19-8-3-1-4-9-19)23-14-7-15-24(17-16-23)22(26)18-27-20-10-5-2-6-11-20/h1-6,8-11H,7,12-18H2. The fourth-order valence-corrected chi connectivity index (χ4v) is 3.22. The van der Waals surface area contributed by atoms with E-state index in [0.717, 1.165) is 12.8 Å². The van der Waals surface area contributed by atoms with Gasteiger partial charge in [0.1, 0.15) is 5.75 Å². The first-order chi connectivity index (χ1) is 13.2. The highest BCUT2D eigenvalue weighted by atomic mass is 16.5. The molecule has 0 N–H and O–H groups in total. The molecule has 0 radical (unpaired) electrons. The van der Waals surface area contributed by atoms with Crippen LogP contribution < -0.4 is 4.74 Å². The zero-order chi connectivity index (χ0) is 18.9. The van der Waals surface area contributed by atoms with Gasteiger partial charge in [-0.1, -0.05) is 48.5 Å². The van der Waals surface area contributed by atoms with E-state index in [2.05, 4.69) is 0 Å². The van der Waals surface area contributed by atoms with Crippen LogP contribution >= 0.6 is 0 Å². The van der Waals surface area contributed by atoms with Crippen LogP contribution in [0, 0.1) is 0 Å². The molecule has 1 fully saturated rings. The fraction of sp³-hybridized carbons (Fsp3) is 0.364. The molecule has 0 spiro atoms. The van der Waals surface area contributed by atoms with Gasteiger partial charge in [-0.05, 0) is 30.5 Å². The van der Waals surface area contributed by atoms with Crippen LogP contribution in [0.1, 0.15) is 18.4 Å². The van der Waals surface area contributed by atoms with E-state index >= 15 is 0 Å². The van der Waals surface area contributed by atoms with E-state index < -0.39 is 0 Å². The summed E-state index contributed by atoms with van der Waals surface area (Å²) in [4.78, 5) is 28.6. The molecule has 0 aliphatic carbocycles. The average Bonchev–Trinajstić information content (AvgIpc) is 2.98. The van der Waals surface area contributed by atoms with Gasteiger partial charge in [-0.15, -0.1) is 0 Å². The van der Waals surface area contributed by atoms with Crippen LogP contribution in [0.15, 0.2) is 60.7 Å². The summed E-state index contributed by atoms with van der Waals surface area (Å²) in [5.41, 5.74) is 1.18. The molecule has 5 nitrogen and oxygen atoms in total. The number of ether oxygens (including phenoxy) is 1. The van der Waals surface area contributed by atoms with Gasteiger partial charge in [0.15, 0.2) is 6.61 Å². The van der Waals surface area contributed by atoms with Gasteiger partial charge >= 0.3 is 0 Å². The molecule has 2 aromatic carbocycles. The minimum atomic E-state index is -0.0302. The molecule has 1 aliphatic rings. The number of para-hydroxylation sites is 1. The summed E-state index contributed by atoms with van der Waals surface area (Å²) in [5, 5.41) is 0. The number of amides is 2. The summed E-state index contributed by atoms with van der Waals surface area (Å²) in [5.74, 6) is 0.824. The summed E-state index contributed by atoms with van der Waals surface area (Å²) in [6.07, 6.45) is 2.06. The van der Waals surface area contributed by atoms with E-state index in [1.165, 1.54) is 5.56 Å². The Morgan fingerprint density at radius 3 is 2.04 bits per heavy atom. The molecule has 2 amide bonds. The third kappa shape index (κ3) is 5.84. The molecule has 0 unspecified atom stereocenters. The lowest BCUT2D eigenvalue weighted by Gasteiger charge is -2.22. The lowest BCUT2D eigenvalue weighted by Crippen LogP contribution is -2.39. The number of rotatable bonds is 6. The Labute approximate surface area is 160 Å². The molecule has 1 aliphatic heterocycles. The Kier molecular flexibility index (Phi) is 6.85. The average molecular weight is 366 g/mol. The van der Waals surface area contributed by atoms with Crippen LogP contribution in [-0.4, -0.2) is 54.4 Å². The molecular formula is C22H26N2O3. The van der Waals surface area contributed by atoms with Gasteiger partial charge in [-0.25, -0.2) is 0 Å². The quantitative estimate of drug-likeness (QED) is 0.790. The predicted molar refractivity (Wildman–Crippen MR) is 104 cm³/mol. The van der Waals surface area contributed by atoms with Crippen LogP contribution in [0.5, 0.6) is 5.75 Å². The lowest BCUT2D eigenvalue weighted by molar-refractivity contribution is -0.134. The van der Waals surface area contributed by atoms with E-state index in [1.807, 2.05) is 65.6 Å². The molecule has 142 valence electrons. The van der Waals surface area contributed by atoms with Crippen molar-refractivity contribution in [1.29, 1.82) is 0 Å². The van der Waals surface area contributed by atoms with Crippen molar-refractivity contribution in [2.24, 2.45) is 0 Å². The molecule has 1 saturated heterocycles. The highest BCUT2D eigenvalue weighted by Crippen LogP contribution is 2.11. The second kappa shape index (κ2) is 9.76. The monoisotopic (exact) mass is 366 g/mol.